The first-order chi connectivity index (χ1) is 10.2. The van der Waals surface area contributed by atoms with E-state index in [-0.39, 0.29) is 25.5 Å². The van der Waals surface area contributed by atoms with Gasteiger partial charge in [0.1, 0.15) is 10.8 Å². The SMILES string of the molecule is CCOc1ccc(-c2nc(CC(=O)NCCO)cs2)cc1. The second-order valence-electron chi connectivity index (χ2n) is 4.35. The minimum atomic E-state index is -0.132. The standard InChI is InChI=1S/C15H18N2O3S/c1-2-20-13-5-3-11(4-6-13)15-17-12(10-21-15)9-14(19)16-7-8-18/h3-6,10,18H,2,7-9H2,1H3,(H,16,19). The number of aliphatic hydroxyl groups excluding tert-OH is 1. The van der Waals surface area contributed by atoms with E-state index in [0.717, 1.165) is 22.0 Å². The lowest BCUT2D eigenvalue weighted by molar-refractivity contribution is -0.120. The number of aliphatic hydroxyl groups is 1. The van der Waals surface area contributed by atoms with Crippen molar-refractivity contribution in [2.75, 3.05) is 19.8 Å². The Morgan fingerprint density at radius 2 is 2.14 bits per heavy atom. The fraction of sp³-hybridized carbons (Fsp3) is 0.333. The zero-order chi connectivity index (χ0) is 15.1. The van der Waals surface area contributed by atoms with Gasteiger partial charge in [0.25, 0.3) is 0 Å². The van der Waals surface area contributed by atoms with Crippen LogP contribution in [0.3, 0.4) is 0 Å². The first-order valence-corrected chi connectivity index (χ1v) is 7.66. The maximum atomic E-state index is 11.6. The molecular weight excluding hydrogens is 288 g/mol. The van der Waals surface area contributed by atoms with E-state index in [1.807, 2.05) is 36.6 Å². The number of hydrogen-bond acceptors (Lipinski definition) is 5. The van der Waals surface area contributed by atoms with E-state index < -0.39 is 0 Å². The van der Waals surface area contributed by atoms with Crippen LogP contribution in [0.15, 0.2) is 29.6 Å². The molecule has 21 heavy (non-hydrogen) atoms. The maximum absolute atomic E-state index is 11.6. The zero-order valence-corrected chi connectivity index (χ0v) is 12.7. The van der Waals surface area contributed by atoms with E-state index in [9.17, 15) is 4.79 Å². The van der Waals surface area contributed by atoms with Gasteiger partial charge in [0.15, 0.2) is 0 Å². The summed E-state index contributed by atoms with van der Waals surface area (Å²) in [6.45, 7) is 2.81. The molecule has 2 rings (SSSR count). The molecule has 0 unspecified atom stereocenters. The minimum absolute atomic E-state index is 0.0553. The van der Waals surface area contributed by atoms with Crippen molar-refractivity contribution in [3.8, 4) is 16.3 Å². The van der Waals surface area contributed by atoms with Gasteiger partial charge < -0.3 is 15.2 Å². The van der Waals surface area contributed by atoms with E-state index in [0.29, 0.717) is 6.61 Å². The van der Waals surface area contributed by atoms with Gasteiger partial charge in [0, 0.05) is 17.5 Å². The third-order valence-electron chi connectivity index (χ3n) is 2.74. The average molecular weight is 306 g/mol. The lowest BCUT2D eigenvalue weighted by Crippen LogP contribution is -2.27. The third kappa shape index (κ3) is 4.54. The molecule has 5 nitrogen and oxygen atoms in total. The highest BCUT2D eigenvalue weighted by Crippen LogP contribution is 2.25. The number of carbonyl (C=O) groups excluding carboxylic acids is 1. The number of thiazole rings is 1. The lowest BCUT2D eigenvalue weighted by Gasteiger charge is -2.03. The molecule has 112 valence electrons. The highest BCUT2D eigenvalue weighted by molar-refractivity contribution is 7.13. The van der Waals surface area contributed by atoms with Crippen LogP contribution in [0, 0.1) is 0 Å². The van der Waals surface area contributed by atoms with Crippen molar-refractivity contribution in [1.29, 1.82) is 0 Å². The van der Waals surface area contributed by atoms with E-state index in [2.05, 4.69) is 10.3 Å². The Kier molecular flexibility index (Phi) is 5.71. The summed E-state index contributed by atoms with van der Waals surface area (Å²) in [5.41, 5.74) is 1.74. The van der Waals surface area contributed by atoms with Gasteiger partial charge in [-0.3, -0.25) is 4.79 Å². The van der Waals surface area contributed by atoms with Gasteiger partial charge in [-0.2, -0.15) is 0 Å². The predicted molar refractivity (Wildman–Crippen MR) is 82.5 cm³/mol. The van der Waals surface area contributed by atoms with Crippen molar-refractivity contribution >= 4 is 17.2 Å². The number of rotatable bonds is 7. The molecular formula is C15H18N2O3S. The Morgan fingerprint density at radius 1 is 1.38 bits per heavy atom. The van der Waals surface area contributed by atoms with Crippen LogP contribution in [-0.4, -0.2) is 35.8 Å². The molecule has 6 heteroatoms. The Labute approximate surface area is 127 Å². The van der Waals surface area contributed by atoms with Crippen molar-refractivity contribution in [3.05, 3.63) is 35.3 Å². The minimum Gasteiger partial charge on any atom is -0.494 e. The Balaban J connectivity index is 2.00. The molecule has 1 aromatic carbocycles. The second kappa shape index (κ2) is 7.75. The lowest BCUT2D eigenvalue weighted by atomic mass is 10.2. The molecule has 1 heterocycles. The Hall–Kier alpha value is -1.92. The number of nitrogens with zero attached hydrogens (tertiary/aromatic N) is 1. The summed E-state index contributed by atoms with van der Waals surface area (Å²) in [4.78, 5) is 16.0. The van der Waals surface area contributed by atoms with Crippen molar-refractivity contribution < 1.29 is 14.6 Å². The molecule has 0 saturated heterocycles. The monoisotopic (exact) mass is 306 g/mol. The Bertz CT molecular complexity index is 581. The third-order valence-corrected chi connectivity index (χ3v) is 3.68. The number of amides is 1. The van der Waals surface area contributed by atoms with Gasteiger partial charge in [0.05, 0.1) is 25.3 Å². The number of ether oxygens (including phenoxy) is 1. The van der Waals surface area contributed by atoms with Gasteiger partial charge in [-0.05, 0) is 31.2 Å². The van der Waals surface area contributed by atoms with Crippen LogP contribution in [-0.2, 0) is 11.2 Å². The van der Waals surface area contributed by atoms with Gasteiger partial charge in [0.2, 0.25) is 5.91 Å². The molecule has 0 saturated carbocycles. The van der Waals surface area contributed by atoms with E-state index in [1.165, 1.54) is 11.3 Å². The van der Waals surface area contributed by atoms with Crippen LogP contribution in [0.5, 0.6) is 5.75 Å². The van der Waals surface area contributed by atoms with Crippen LogP contribution >= 0.6 is 11.3 Å². The number of carbonyl (C=O) groups is 1. The number of nitrogens with one attached hydrogen (secondary N) is 1. The van der Waals surface area contributed by atoms with Crippen molar-refractivity contribution in [2.45, 2.75) is 13.3 Å². The first-order valence-electron chi connectivity index (χ1n) is 6.78. The molecule has 0 aliphatic rings. The highest BCUT2D eigenvalue weighted by Gasteiger charge is 2.08. The normalized spacial score (nSPS) is 10.4. The molecule has 2 N–H and O–H groups in total. The van der Waals surface area contributed by atoms with E-state index >= 15 is 0 Å². The largest absolute Gasteiger partial charge is 0.494 e. The van der Waals surface area contributed by atoms with Crippen LogP contribution in [0.4, 0.5) is 0 Å². The topological polar surface area (TPSA) is 71.5 Å². The smallest absolute Gasteiger partial charge is 0.226 e. The molecule has 1 aromatic heterocycles. The number of benzene rings is 1. The quantitative estimate of drug-likeness (QED) is 0.819. The van der Waals surface area contributed by atoms with E-state index in [4.69, 9.17) is 9.84 Å². The summed E-state index contributed by atoms with van der Waals surface area (Å²) in [5.74, 6) is 0.703. The second-order valence-corrected chi connectivity index (χ2v) is 5.21. The molecule has 0 bridgehead atoms. The molecule has 0 radical (unpaired) electrons. The number of hydrogen-bond donors (Lipinski definition) is 2. The molecule has 2 aromatic rings. The van der Waals surface area contributed by atoms with E-state index in [1.54, 1.807) is 0 Å². The van der Waals surface area contributed by atoms with Gasteiger partial charge in [-0.15, -0.1) is 11.3 Å². The molecule has 0 atom stereocenters. The highest BCUT2D eigenvalue weighted by atomic mass is 32.1. The fourth-order valence-corrected chi connectivity index (χ4v) is 2.63. The van der Waals surface area contributed by atoms with Crippen molar-refractivity contribution in [2.24, 2.45) is 0 Å². The van der Waals surface area contributed by atoms with Crippen LogP contribution in [0.2, 0.25) is 0 Å². The Morgan fingerprint density at radius 3 is 2.81 bits per heavy atom. The predicted octanol–water partition coefficient (Wildman–Crippen LogP) is 1.86. The first kappa shape index (κ1) is 15.5. The summed E-state index contributed by atoms with van der Waals surface area (Å²) in [5, 5.41) is 14.0. The van der Waals surface area contributed by atoms with Crippen molar-refractivity contribution in [3.63, 3.8) is 0 Å². The van der Waals surface area contributed by atoms with Gasteiger partial charge in [-0.25, -0.2) is 4.98 Å². The fourth-order valence-electron chi connectivity index (χ4n) is 1.80. The summed E-state index contributed by atoms with van der Waals surface area (Å²) in [6.07, 6.45) is 0.230. The summed E-state index contributed by atoms with van der Waals surface area (Å²) in [7, 11) is 0. The van der Waals surface area contributed by atoms with Crippen LogP contribution < -0.4 is 10.1 Å². The summed E-state index contributed by atoms with van der Waals surface area (Å²) in [6, 6.07) is 7.74. The van der Waals surface area contributed by atoms with Gasteiger partial charge >= 0.3 is 0 Å². The van der Waals surface area contributed by atoms with Crippen LogP contribution in [0.1, 0.15) is 12.6 Å². The van der Waals surface area contributed by atoms with Crippen molar-refractivity contribution in [1.82, 2.24) is 10.3 Å². The summed E-state index contributed by atoms with van der Waals surface area (Å²) < 4.78 is 5.40. The summed E-state index contributed by atoms with van der Waals surface area (Å²) >= 11 is 1.51. The number of aromatic nitrogens is 1. The molecule has 0 fully saturated rings. The molecule has 1 amide bonds. The zero-order valence-electron chi connectivity index (χ0n) is 11.8. The average Bonchev–Trinajstić information content (AvgIpc) is 2.94. The molecule has 0 aliphatic heterocycles. The molecule has 0 spiro atoms. The van der Waals surface area contributed by atoms with Crippen LogP contribution in [0.25, 0.3) is 10.6 Å². The maximum Gasteiger partial charge on any atom is 0.226 e. The van der Waals surface area contributed by atoms with Gasteiger partial charge in [-0.1, -0.05) is 0 Å². The molecule has 0 aliphatic carbocycles.